The van der Waals surface area contributed by atoms with Gasteiger partial charge in [0.1, 0.15) is 11.5 Å². The number of rotatable bonds is 7. The minimum atomic E-state index is -1.78. The Kier molecular flexibility index (Phi) is 8.70. The van der Waals surface area contributed by atoms with E-state index in [4.69, 9.17) is 13.9 Å². The van der Waals surface area contributed by atoms with Crippen molar-refractivity contribution in [2.45, 2.75) is 51.9 Å². The van der Waals surface area contributed by atoms with E-state index in [0.29, 0.717) is 19.6 Å². The van der Waals surface area contributed by atoms with Gasteiger partial charge in [-0.2, -0.15) is 0 Å². The molecule has 0 radical (unpaired) electrons. The first kappa shape index (κ1) is 24.9. The highest BCUT2D eigenvalue weighted by atomic mass is 28.4. The molecule has 31 heavy (non-hydrogen) atoms. The molecule has 172 valence electrons. The van der Waals surface area contributed by atoms with Crippen molar-refractivity contribution in [3.8, 4) is 11.5 Å². The average molecular weight is 448 g/mol. The molecule has 2 heterocycles. The number of aromatic amines is 1. The van der Waals surface area contributed by atoms with Crippen molar-refractivity contribution in [1.82, 2.24) is 14.9 Å². The van der Waals surface area contributed by atoms with E-state index in [0.717, 1.165) is 23.6 Å². The number of nitrogens with zero attached hydrogens (tertiary/aromatic N) is 2. The smallest absolute Gasteiger partial charge is 0.223 e. The highest BCUT2D eigenvalue weighted by Crippen LogP contribution is 2.37. The molecule has 0 spiro atoms. The summed E-state index contributed by atoms with van der Waals surface area (Å²) in [5.74, 6) is 1.95. The summed E-state index contributed by atoms with van der Waals surface area (Å²) in [6.07, 6.45) is 5.65. The molecule has 1 aliphatic heterocycles. The minimum absolute atomic E-state index is 0.186. The standard InChI is InChI=1S/C20H33NO4Si.C3H4N2/c1-20(2,3)26(6,7)25-14-15-10-19(22)21(12-15)13-16-8-9-17(23-4)11-18(16)24-5;1-2-5-3-4-1/h8-9,11,15H,10,12-14H2,1-7H3;1-3H,(H,4,5). The predicted molar refractivity (Wildman–Crippen MR) is 125 cm³/mol. The lowest BCUT2D eigenvalue weighted by Gasteiger charge is -2.36. The Labute approximate surface area is 187 Å². The van der Waals surface area contributed by atoms with Gasteiger partial charge in [-0.25, -0.2) is 4.98 Å². The van der Waals surface area contributed by atoms with Crippen LogP contribution in [0.1, 0.15) is 32.8 Å². The molecule has 1 atom stereocenters. The Morgan fingerprint density at radius 1 is 1.23 bits per heavy atom. The first-order valence-corrected chi connectivity index (χ1v) is 13.5. The number of carbonyl (C=O) groups is 1. The lowest BCUT2D eigenvalue weighted by atomic mass is 10.1. The molecule has 1 fully saturated rings. The van der Waals surface area contributed by atoms with E-state index in [2.05, 4.69) is 43.8 Å². The highest BCUT2D eigenvalue weighted by molar-refractivity contribution is 6.74. The summed E-state index contributed by atoms with van der Waals surface area (Å²) in [5.41, 5.74) is 0.993. The van der Waals surface area contributed by atoms with E-state index in [1.165, 1.54) is 0 Å². The average Bonchev–Trinajstić information content (AvgIpc) is 3.40. The van der Waals surface area contributed by atoms with Crippen LogP contribution < -0.4 is 9.47 Å². The third-order valence-corrected chi connectivity index (χ3v) is 10.5. The lowest BCUT2D eigenvalue weighted by Crippen LogP contribution is -2.42. The van der Waals surface area contributed by atoms with Crippen LogP contribution in [0.15, 0.2) is 36.9 Å². The van der Waals surface area contributed by atoms with Gasteiger partial charge < -0.3 is 23.8 Å². The molecule has 1 aromatic heterocycles. The number of benzene rings is 1. The Hall–Kier alpha value is -2.32. The van der Waals surface area contributed by atoms with Crippen LogP contribution in [0.4, 0.5) is 0 Å². The second-order valence-electron chi connectivity index (χ2n) is 9.35. The minimum Gasteiger partial charge on any atom is -0.497 e. The summed E-state index contributed by atoms with van der Waals surface area (Å²) in [7, 11) is 1.49. The normalized spacial score (nSPS) is 16.7. The number of nitrogens with one attached hydrogen (secondary N) is 1. The summed E-state index contributed by atoms with van der Waals surface area (Å²) in [5, 5.41) is 0.186. The van der Waals surface area contributed by atoms with Crippen LogP contribution in [-0.4, -0.2) is 56.5 Å². The molecule has 0 bridgehead atoms. The van der Waals surface area contributed by atoms with Gasteiger partial charge in [0.05, 0.1) is 20.5 Å². The highest BCUT2D eigenvalue weighted by Gasteiger charge is 2.39. The van der Waals surface area contributed by atoms with Crippen LogP contribution in [0, 0.1) is 5.92 Å². The van der Waals surface area contributed by atoms with E-state index in [-0.39, 0.29) is 16.9 Å². The summed E-state index contributed by atoms with van der Waals surface area (Å²) in [4.78, 5) is 20.8. The molecule has 7 nitrogen and oxygen atoms in total. The van der Waals surface area contributed by atoms with Crippen LogP contribution in [-0.2, 0) is 15.8 Å². The van der Waals surface area contributed by atoms with E-state index < -0.39 is 8.32 Å². The predicted octanol–water partition coefficient (Wildman–Crippen LogP) is 4.48. The number of likely N-dealkylation sites (tertiary alicyclic amines) is 1. The van der Waals surface area contributed by atoms with Crippen molar-refractivity contribution >= 4 is 14.2 Å². The zero-order valence-corrected chi connectivity index (χ0v) is 20.9. The van der Waals surface area contributed by atoms with Crippen molar-refractivity contribution < 1.29 is 18.7 Å². The molecule has 1 amide bonds. The van der Waals surface area contributed by atoms with Crippen LogP contribution in [0.25, 0.3) is 0 Å². The van der Waals surface area contributed by atoms with Crippen LogP contribution in [0.5, 0.6) is 11.5 Å². The fourth-order valence-electron chi connectivity index (χ4n) is 3.06. The molecular weight excluding hydrogens is 410 g/mol. The maximum absolute atomic E-state index is 12.4. The second-order valence-corrected chi connectivity index (χ2v) is 14.2. The fourth-order valence-corrected chi connectivity index (χ4v) is 4.15. The van der Waals surface area contributed by atoms with Gasteiger partial charge in [-0.3, -0.25) is 4.79 Å². The van der Waals surface area contributed by atoms with Crippen molar-refractivity contribution in [2.24, 2.45) is 5.92 Å². The van der Waals surface area contributed by atoms with Gasteiger partial charge in [-0.15, -0.1) is 0 Å². The third kappa shape index (κ3) is 7.11. The summed E-state index contributed by atoms with van der Waals surface area (Å²) in [6.45, 7) is 13.2. The zero-order chi connectivity index (χ0) is 23.1. The third-order valence-electron chi connectivity index (χ3n) is 6.04. The van der Waals surface area contributed by atoms with Crippen molar-refractivity contribution in [3.05, 3.63) is 42.5 Å². The summed E-state index contributed by atoms with van der Waals surface area (Å²) < 4.78 is 17.0. The fraction of sp³-hybridized carbons (Fsp3) is 0.565. The number of amides is 1. The number of aromatic nitrogens is 2. The maximum atomic E-state index is 12.4. The molecular formula is C23H37N3O4Si. The van der Waals surface area contributed by atoms with E-state index >= 15 is 0 Å². The summed E-state index contributed by atoms with van der Waals surface area (Å²) in [6, 6.07) is 5.72. The number of ether oxygens (including phenoxy) is 2. The molecule has 1 aliphatic rings. The van der Waals surface area contributed by atoms with Gasteiger partial charge in [0.15, 0.2) is 8.32 Å². The zero-order valence-electron chi connectivity index (χ0n) is 19.9. The number of H-pyrrole nitrogens is 1. The molecule has 1 N–H and O–H groups in total. The number of imidazole rings is 1. The Morgan fingerprint density at radius 3 is 2.48 bits per heavy atom. The Bertz CT molecular complexity index is 802. The van der Waals surface area contributed by atoms with E-state index in [1.807, 2.05) is 23.1 Å². The molecule has 1 aromatic carbocycles. The number of carbonyl (C=O) groups excluding carboxylic acids is 1. The first-order valence-electron chi connectivity index (χ1n) is 10.6. The molecule has 3 rings (SSSR count). The Balaban J connectivity index is 0.000000597. The second kappa shape index (κ2) is 10.8. The van der Waals surface area contributed by atoms with Crippen LogP contribution in [0.3, 0.4) is 0 Å². The van der Waals surface area contributed by atoms with E-state index in [1.54, 1.807) is 32.9 Å². The number of methoxy groups -OCH3 is 2. The van der Waals surface area contributed by atoms with Gasteiger partial charge >= 0.3 is 0 Å². The van der Waals surface area contributed by atoms with Crippen molar-refractivity contribution in [1.29, 1.82) is 0 Å². The number of hydrogen-bond acceptors (Lipinski definition) is 5. The topological polar surface area (TPSA) is 76.7 Å². The SMILES string of the molecule is COc1ccc(CN2CC(CO[Si](C)(C)C(C)(C)C)CC2=O)c(OC)c1.c1c[nH]cn1. The Morgan fingerprint density at radius 2 is 1.97 bits per heavy atom. The molecule has 2 aromatic rings. The van der Waals surface area contributed by atoms with Crippen LogP contribution >= 0.6 is 0 Å². The monoisotopic (exact) mass is 447 g/mol. The molecule has 1 unspecified atom stereocenters. The largest absolute Gasteiger partial charge is 0.497 e. The van der Waals surface area contributed by atoms with Gasteiger partial charge in [0.25, 0.3) is 0 Å². The van der Waals surface area contributed by atoms with Crippen LogP contribution in [0.2, 0.25) is 18.1 Å². The molecule has 0 saturated carbocycles. The quantitative estimate of drug-likeness (QED) is 0.633. The van der Waals surface area contributed by atoms with Crippen molar-refractivity contribution in [2.75, 3.05) is 27.4 Å². The van der Waals surface area contributed by atoms with Gasteiger partial charge in [0.2, 0.25) is 5.91 Å². The maximum Gasteiger partial charge on any atom is 0.223 e. The molecule has 8 heteroatoms. The number of hydrogen-bond donors (Lipinski definition) is 1. The van der Waals surface area contributed by atoms with E-state index in [9.17, 15) is 4.79 Å². The molecule has 1 saturated heterocycles. The first-order chi connectivity index (χ1) is 14.6. The molecule has 0 aliphatic carbocycles. The van der Waals surface area contributed by atoms with Gasteiger partial charge in [-0.05, 0) is 30.3 Å². The van der Waals surface area contributed by atoms with Gasteiger partial charge in [0, 0.05) is 56.1 Å². The summed E-state index contributed by atoms with van der Waals surface area (Å²) >= 11 is 0. The van der Waals surface area contributed by atoms with Crippen molar-refractivity contribution in [3.63, 3.8) is 0 Å². The lowest BCUT2D eigenvalue weighted by molar-refractivity contribution is -0.128. The van der Waals surface area contributed by atoms with Gasteiger partial charge in [-0.1, -0.05) is 20.8 Å².